The molecule has 0 spiro atoms. The molecule has 0 bridgehead atoms. The number of hydrogen-bond donors (Lipinski definition) is 3. The number of aromatic nitrogens is 2. The molecule has 2 aromatic rings. The maximum atomic E-state index is 11.9. The molecular weight excluding hydrogens is 318 g/mol. The lowest BCUT2D eigenvalue weighted by atomic mass is 10.2. The summed E-state index contributed by atoms with van der Waals surface area (Å²) in [6.45, 7) is 0.137. The number of benzene rings is 1. The lowest BCUT2D eigenvalue weighted by Gasteiger charge is -2.04. The lowest BCUT2D eigenvalue weighted by Crippen LogP contribution is -2.26. The van der Waals surface area contributed by atoms with Gasteiger partial charge in [0.2, 0.25) is 5.91 Å². The number of aromatic amines is 1. The van der Waals surface area contributed by atoms with Crippen LogP contribution >= 0.6 is 11.8 Å². The Kier molecular flexibility index (Phi) is 6.16. The molecule has 1 aromatic carbocycles. The Hall–Kier alpha value is -2.35. The number of nitrogens with zero attached hydrogens (tertiary/aromatic N) is 1. The van der Waals surface area contributed by atoms with E-state index in [2.05, 4.69) is 15.3 Å². The zero-order chi connectivity index (χ0) is 16.7. The van der Waals surface area contributed by atoms with E-state index in [4.69, 9.17) is 5.11 Å². The maximum Gasteiger partial charge on any atom is 0.305 e. The van der Waals surface area contributed by atoms with Crippen LogP contribution in [-0.2, 0) is 15.3 Å². The smallest absolute Gasteiger partial charge is 0.305 e. The fraction of sp³-hybridized carbons (Fsp3) is 0.333. The molecule has 2 rings (SSSR count). The zero-order valence-corrected chi connectivity index (χ0v) is 13.2. The van der Waals surface area contributed by atoms with E-state index in [-0.39, 0.29) is 24.4 Å². The van der Waals surface area contributed by atoms with E-state index >= 15 is 0 Å². The molecule has 1 amide bonds. The summed E-state index contributed by atoms with van der Waals surface area (Å²) in [4.78, 5) is 40.8. The fourth-order valence-electron chi connectivity index (χ4n) is 1.93. The van der Waals surface area contributed by atoms with Gasteiger partial charge in [-0.15, -0.1) is 0 Å². The number of para-hydroxylation sites is 1. The van der Waals surface area contributed by atoms with Crippen molar-refractivity contribution in [3.8, 4) is 0 Å². The first-order valence-electron chi connectivity index (χ1n) is 7.10. The van der Waals surface area contributed by atoms with Crippen molar-refractivity contribution in [1.82, 2.24) is 15.3 Å². The average molecular weight is 335 g/mol. The van der Waals surface area contributed by atoms with Crippen LogP contribution in [0.15, 0.2) is 29.1 Å². The van der Waals surface area contributed by atoms with Gasteiger partial charge in [-0.1, -0.05) is 12.1 Å². The monoisotopic (exact) mass is 335 g/mol. The summed E-state index contributed by atoms with van der Waals surface area (Å²) in [6, 6.07) is 7.12. The van der Waals surface area contributed by atoms with Gasteiger partial charge in [0.25, 0.3) is 5.56 Å². The van der Waals surface area contributed by atoms with E-state index in [0.29, 0.717) is 34.7 Å². The summed E-state index contributed by atoms with van der Waals surface area (Å²) >= 11 is 1.48. The van der Waals surface area contributed by atoms with Gasteiger partial charge in [-0.3, -0.25) is 14.4 Å². The second kappa shape index (κ2) is 8.33. The number of carbonyl (C=O) groups is 2. The van der Waals surface area contributed by atoms with E-state index in [1.165, 1.54) is 11.8 Å². The molecule has 0 aliphatic carbocycles. The number of fused-ring (bicyclic) bond motifs is 1. The largest absolute Gasteiger partial charge is 0.481 e. The molecule has 23 heavy (non-hydrogen) atoms. The van der Waals surface area contributed by atoms with Crippen LogP contribution in [0, 0.1) is 0 Å². The number of carbonyl (C=O) groups excluding carboxylic acids is 1. The van der Waals surface area contributed by atoms with E-state index in [1.54, 1.807) is 18.2 Å². The van der Waals surface area contributed by atoms with Crippen molar-refractivity contribution in [1.29, 1.82) is 0 Å². The van der Waals surface area contributed by atoms with E-state index < -0.39 is 5.97 Å². The molecule has 0 saturated carbocycles. The van der Waals surface area contributed by atoms with Gasteiger partial charge in [-0.25, -0.2) is 4.98 Å². The van der Waals surface area contributed by atoms with Crippen molar-refractivity contribution in [2.24, 2.45) is 0 Å². The Labute approximate surface area is 136 Å². The van der Waals surface area contributed by atoms with Gasteiger partial charge in [0.15, 0.2) is 0 Å². The van der Waals surface area contributed by atoms with Crippen molar-refractivity contribution in [2.75, 3.05) is 12.3 Å². The number of hydrogen-bond acceptors (Lipinski definition) is 5. The standard InChI is InChI=1S/C15H17N3O4S/c19-13(16-7-5-14(20)21)6-8-23-9-12-17-11-4-2-1-3-10(11)15(22)18-12/h1-4H,5-9H2,(H,16,19)(H,20,21)(H,17,18,22). The summed E-state index contributed by atoms with van der Waals surface area (Å²) in [7, 11) is 0. The molecule has 0 fully saturated rings. The van der Waals surface area contributed by atoms with Gasteiger partial charge in [0.05, 0.1) is 23.1 Å². The SMILES string of the molecule is O=C(O)CCNC(=O)CCSCc1nc2ccccc2c(=O)[nH]1. The zero-order valence-electron chi connectivity index (χ0n) is 12.4. The average Bonchev–Trinajstić information content (AvgIpc) is 2.51. The second-order valence-corrected chi connectivity index (χ2v) is 5.93. The predicted octanol–water partition coefficient (Wildman–Crippen LogP) is 1.14. The molecule has 122 valence electrons. The fourth-order valence-corrected chi connectivity index (χ4v) is 2.74. The molecule has 0 radical (unpaired) electrons. The first-order valence-corrected chi connectivity index (χ1v) is 8.26. The van der Waals surface area contributed by atoms with Gasteiger partial charge < -0.3 is 15.4 Å². The molecule has 0 unspecified atom stereocenters. The first-order chi connectivity index (χ1) is 11.1. The molecular formula is C15H17N3O4S. The highest BCUT2D eigenvalue weighted by molar-refractivity contribution is 7.98. The van der Waals surface area contributed by atoms with Crippen LogP contribution in [0.1, 0.15) is 18.7 Å². The third kappa shape index (κ3) is 5.41. The third-order valence-electron chi connectivity index (χ3n) is 3.04. The lowest BCUT2D eigenvalue weighted by molar-refractivity contribution is -0.136. The third-order valence-corrected chi connectivity index (χ3v) is 4.01. The number of thioether (sulfide) groups is 1. The molecule has 0 atom stereocenters. The van der Waals surface area contributed by atoms with Crippen LogP contribution in [0.5, 0.6) is 0 Å². The summed E-state index contributed by atoms with van der Waals surface area (Å²) in [6.07, 6.45) is 0.212. The van der Waals surface area contributed by atoms with E-state index in [9.17, 15) is 14.4 Å². The van der Waals surface area contributed by atoms with Crippen LogP contribution in [0.3, 0.4) is 0 Å². The molecule has 0 aliphatic rings. The highest BCUT2D eigenvalue weighted by Gasteiger charge is 2.05. The maximum absolute atomic E-state index is 11.9. The number of H-pyrrole nitrogens is 1. The Morgan fingerprint density at radius 1 is 1.26 bits per heavy atom. The minimum absolute atomic E-state index is 0.0822. The van der Waals surface area contributed by atoms with Gasteiger partial charge in [0, 0.05) is 18.7 Å². The Balaban J connectivity index is 1.77. The Bertz CT molecular complexity index is 760. The van der Waals surface area contributed by atoms with Crippen LogP contribution < -0.4 is 10.9 Å². The highest BCUT2D eigenvalue weighted by atomic mass is 32.2. The molecule has 8 heteroatoms. The number of amides is 1. The quantitative estimate of drug-likeness (QED) is 0.624. The van der Waals surface area contributed by atoms with Crippen molar-refractivity contribution in [3.05, 3.63) is 40.4 Å². The highest BCUT2D eigenvalue weighted by Crippen LogP contribution is 2.11. The number of rotatable bonds is 8. The number of aliphatic carboxylic acids is 1. The van der Waals surface area contributed by atoms with Gasteiger partial charge in [0.1, 0.15) is 5.82 Å². The van der Waals surface area contributed by atoms with Gasteiger partial charge in [-0.05, 0) is 12.1 Å². The van der Waals surface area contributed by atoms with Crippen LogP contribution in [-0.4, -0.2) is 39.2 Å². The molecule has 7 nitrogen and oxygen atoms in total. The van der Waals surface area contributed by atoms with Crippen molar-refractivity contribution >= 4 is 34.5 Å². The van der Waals surface area contributed by atoms with Gasteiger partial charge in [-0.2, -0.15) is 11.8 Å². The summed E-state index contributed by atoms with van der Waals surface area (Å²) in [5.74, 6) is 0.521. The molecule has 0 saturated heterocycles. The molecule has 1 heterocycles. The summed E-state index contributed by atoms with van der Waals surface area (Å²) in [5.41, 5.74) is 0.482. The van der Waals surface area contributed by atoms with E-state index in [1.807, 2.05) is 6.07 Å². The van der Waals surface area contributed by atoms with Crippen molar-refractivity contribution in [2.45, 2.75) is 18.6 Å². The van der Waals surface area contributed by atoms with Crippen LogP contribution in [0.2, 0.25) is 0 Å². The number of carboxylic acids is 1. The van der Waals surface area contributed by atoms with E-state index in [0.717, 1.165) is 0 Å². The summed E-state index contributed by atoms with van der Waals surface area (Å²) < 4.78 is 0. The molecule has 1 aromatic heterocycles. The number of carboxylic acid groups (broad SMARTS) is 1. The Morgan fingerprint density at radius 2 is 2.04 bits per heavy atom. The van der Waals surface area contributed by atoms with Crippen LogP contribution in [0.4, 0.5) is 0 Å². The van der Waals surface area contributed by atoms with Crippen molar-refractivity contribution < 1.29 is 14.7 Å². The minimum Gasteiger partial charge on any atom is -0.481 e. The van der Waals surface area contributed by atoms with Gasteiger partial charge >= 0.3 is 5.97 Å². The molecule has 0 aliphatic heterocycles. The number of nitrogens with one attached hydrogen (secondary N) is 2. The minimum atomic E-state index is -0.939. The first kappa shape index (κ1) is 17.0. The predicted molar refractivity (Wildman–Crippen MR) is 88.4 cm³/mol. The molecule has 3 N–H and O–H groups in total. The second-order valence-electron chi connectivity index (χ2n) is 4.83. The topological polar surface area (TPSA) is 112 Å². The normalized spacial score (nSPS) is 10.6. The van der Waals surface area contributed by atoms with Crippen LogP contribution in [0.25, 0.3) is 10.9 Å². The summed E-state index contributed by atoms with van der Waals surface area (Å²) in [5, 5.41) is 11.6. The Morgan fingerprint density at radius 3 is 2.83 bits per heavy atom. The van der Waals surface area contributed by atoms with Crippen molar-refractivity contribution in [3.63, 3.8) is 0 Å².